The van der Waals surface area contributed by atoms with Crippen LogP contribution in [0.25, 0.3) is 0 Å². The molecule has 0 atom stereocenters. The Morgan fingerprint density at radius 2 is 1.54 bits per heavy atom. The summed E-state index contributed by atoms with van der Waals surface area (Å²) in [6.07, 6.45) is 13.0. The summed E-state index contributed by atoms with van der Waals surface area (Å²) in [5.41, 5.74) is 1.40. The number of oxime groups is 1. The van der Waals surface area contributed by atoms with E-state index in [2.05, 4.69) is 17.3 Å². The van der Waals surface area contributed by atoms with Crippen LogP contribution in [0.15, 0.2) is 66.4 Å². The van der Waals surface area contributed by atoms with E-state index in [4.69, 9.17) is 9.94 Å². The number of rotatable bonds is 7. The van der Waals surface area contributed by atoms with Crippen molar-refractivity contribution in [1.82, 2.24) is 0 Å². The molecule has 0 aliphatic rings. The summed E-state index contributed by atoms with van der Waals surface area (Å²) in [5, 5.41) is 11.5. The summed E-state index contributed by atoms with van der Waals surface area (Å²) in [5.74, 6) is -0.300. The van der Waals surface area contributed by atoms with Crippen molar-refractivity contribution in [3.8, 4) is 0 Å². The number of ether oxygens (including phenoxy) is 1. The van der Waals surface area contributed by atoms with Gasteiger partial charge < -0.3 is 43.9 Å². The molecule has 0 unspecified atom stereocenters. The van der Waals surface area contributed by atoms with Gasteiger partial charge in [-0.05, 0) is 19.1 Å². The van der Waals surface area contributed by atoms with Gasteiger partial charge in [-0.2, -0.15) is 0 Å². The highest BCUT2D eigenvalue weighted by Gasteiger charge is 2.07. The van der Waals surface area contributed by atoms with Crippen molar-refractivity contribution in [3.05, 3.63) is 72.3 Å². The Labute approximate surface area is 174 Å². The average Bonchev–Trinajstić information content (AvgIpc) is 2.61. The van der Waals surface area contributed by atoms with Crippen LogP contribution in [-0.2, 0) is 17.8 Å². The maximum atomic E-state index is 11.6. The highest BCUT2D eigenvalue weighted by Crippen LogP contribution is 1.98. The maximum Gasteiger partial charge on any atom is 0.338 e. The smallest absolute Gasteiger partial charge is 0.338 e. The molecular formula is C18H21Br2N3O3. The normalized spacial score (nSPS) is 10.3. The fourth-order valence-electron chi connectivity index (χ4n) is 2.07. The number of pyridine rings is 2. The van der Waals surface area contributed by atoms with E-state index < -0.39 is 0 Å². The lowest BCUT2D eigenvalue weighted by Gasteiger charge is -1.99. The molecule has 0 aliphatic heterocycles. The average molecular weight is 487 g/mol. The number of hydrogen-bond acceptors (Lipinski definition) is 4. The van der Waals surface area contributed by atoms with Crippen LogP contribution < -0.4 is 43.1 Å². The Morgan fingerprint density at radius 3 is 2.00 bits per heavy atom. The molecule has 2 rings (SSSR count). The minimum absolute atomic E-state index is 0. The minimum Gasteiger partial charge on any atom is -1.00 e. The summed E-state index contributed by atoms with van der Waals surface area (Å²) in [6.45, 7) is 3.64. The summed E-state index contributed by atoms with van der Waals surface area (Å²) >= 11 is 0. The Balaban J connectivity index is 0.00000312. The van der Waals surface area contributed by atoms with E-state index in [9.17, 15) is 4.79 Å². The third-order valence-electron chi connectivity index (χ3n) is 3.33. The number of nitrogens with zero attached hydrogens (tertiary/aromatic N) is 3. The molecule has 140 valence electrons. The van der Waals surface area contributed by atoms with Gasteiger partial charge in [0.2, 0.25) is 0 Å². The van der Waals surface area contributed by atoms with Crippen LogP contribution in [0.4, 0.5) is 0 Å². The third-order valence-corrected chi connectivity index (χ3v) is 3.33. The predicted molar refractivity (Wildman–Crippen MR) is 87.8 cm³/mol. The van der Waals surface area contributed by atoms with E-state index in [1.165, 1.54) is 6.21 Å². The quantitative estimate of drug-likeness (QED) is 0.107. The topological polar surface area (TPSA) is 66.7 Å². The molecule has 0 radical (unpaired) electrons. The fraction of sp³-hybridized carbons (Fsp3) is 0.222. The molecule has 0 aromatic carbocycles. The molecular weight excluding hydrogens is 466 g/mol. The lowest BCUT2D eigenvalue weighted by Crippen LogP contribution is -3.00. The summed E-state index contributed by atoms with van der Waals surface area (Å²) in [6, 6.07) is 7.25. The number of aromatic nitrogens is 2. The first-order valence-corrected chi connectivity index (χ1v) is 7.70. The molecule has 0 spiro atoms. The van der Waals surface area contributed by atoms with Gasteiger partial charge in [-0.1, -0.05) is 5.16 Å². The second-order valence-corrected chi connectivity index (χ2v) is 5.05. The zero-order valence-electron chi connectivity index (χ0n) is 14.3. The molecule has 26 heavy (non-hydrogen) atoms. The zero-order valence-corrected chi connectivity index (χ0v) is 17.5. The number of carbonyl (C=O) groups is 1. The van der Waals surface area contributed by atoms with Crippen molar-refractivity contribution in [2.24, 2.45) is 5.16 Å². The lowest BCUT2D eigenvalue weighted by atomic mass is 10.3. The summed E-state index contributed by atoms with van der Waals surface area (Å²) in [4.78, 5) is 11.6. The fourth-order valence-corrected chi connectivity index (χ4v) is 2.07. The van der Waals surface area contributed by atoms with Crippen molar-refractivity contribution in [1.29, 1.82) is 0 Å². The van der Waals surface area contributed by atoms with Gasteiger partial charge in [-0.25, -0.2) is 13.9 Å². The van der Waals surface area contributed by atoms with Gasteiger partial charge in [0.05, 0.1) is 18.4 Å². The first kappa shape index (κ1) is 23.9. The number of carbonyl (C=O) groups excluding carboxylic acids is 1. The highest BCUT2D eigenvalue weighted by molar-refractivity contribution is 5.88. The Hall–Kier alpha value is -2.06. The van der Waals surface area contributed by atoms with Crippen LogP contribution in [0.3, 0.4) is 0 Å². The molecule has 2 aromatic heterocycles. The van der Waals surface area contributed by atoms with Crippen LogP contribution in [-0.4, -0.2) is 24.0 Å². The molecule has 0 fully saturated rings. The van der Waals surface area contributed by atoms with Crippen LogP contribution in [0.5, 0.6) is 0 Å². The molecule has 0 bridgehead atoms. The van der Waals surface area contributed by atoms with Gasteiger partial charge in [0.1, 0.15) is 0 Å². The van der Waals surface area contributed by atoms with Gasteiger partial charge in [-0.3, -0.25) is 0 Å². The SMILES string of the molecule is CCOC(=O)c1cc[n+](C/C=C/C[n+]2ccc(/C=N\O)cc2)cc1.[Br-].[Br-]. The van der Waals surface area contributed by atoms with Gasteiger partial charge in [0.15, 0.2) is 37.9 Å². The van der Waals surface area contributed by atoms with Gasteiger partial charge in [-0.15, -0.1) is 0 Å². The van der Waals surface area contributed by atoms with E-state index in [0.29, 0.717) is 12.2 Å². The molecule has 2 aromatic rings. The second-order valence-electron chi connectivity index (χ2n) is 5.05. The molecule has 0 saturated heterocycles. The Kier molecular flexibility index (Phi) is 12.1. The number of esters is 1. The maximum absolute atomic E-state index is 11.6. The van der Waals surface area contributed by atoms with Crippen LogP contribution in [0.1, 0.15) is 22.8 Å². The minimum atomic E-state index is -0.300. The van der Waals surface area contributed by atoms with Crippen molar-refractivity contribution in [2.75, 3.05) is 6.61 Å². The molecule has 6 nitrogen and oxygen atoms in total. The highest BCUT2D eigenvalue weighted by atomic mass is 79.9. The van der Waals surface area contributed by atoms with E-state index in [-0.39, 0.29) is 39.9 Å². The first-order valence-electron chi connectivity index (χ1n) is 7.70. The standard InChI is InChI=1S/C18H20N3O3.2BrH/c1-2-24-18(22)17-7-13-21(14-8-17)10-4-3-9-20-11-5-16(6-12-20)15-19-23;;/h3-8,11-15H,2,9-10H2,1H3;2*1H/q+1;;/p-1/b4-3+;;. The van der Waals surface area contributed by atoms with Crippen molar-refractivity contribution in [2.45, 2.75) is 20.0 Å². The molecule has 0 aliphatic carbocycles. The molecule has 0 amide bonds. The van der Waals surface area contributed by atoms with Crippen LogP contribution in [0.2, 0.25) is 0 Å². The number of allylic oxidation sites excluding steroid dienone is 2. The second kappa shape index (κ2) is 13.2. The molecule has 2 heterocycles. The first-order chi connectivity index (χ1) is 11.7. The summed E-state index contributed by atoms with van der Waals surface area (Å²) < 4.78 is 8.94. The predicted octanol–water partition coefficient (Wildman–Crippen LogP) is -4.49. The Bertz CT molecular complexity index is 717. The van der Waals surface area contributed by atoms with Crippen LogP contribution >= 0.6 is 0 Å². The van der Waals surface area contributed by atoms with Crippen molar-refractivity contribution < 1.29 is 57.8 Å². The number of hydrogen-bond donors (Lipinski definition) is 1. The van der Waals surface area contributed by atoms with Crippen molar-refractivity contribution in [3.63, 3.8) is 0 Å². The third kappa shape index (κ3) is 7.88. The van der Waals surface area contributed by atoms with Gasteiger partial charge >= 0.3 is 5.97 Å². The van der Waals surface area contributed by atoms with Crippen LogP contribution in [0, 0.1) is 0 Å². The Morgan fingerprint density at radius 1 is 1.04 bits per heavy atom. The molecule has 1 N–H and O–H groups in total. The molecule has 8 heteroatoms. The monoisotopic (exact) mass is 485 g/mol. The zero-order chi connectivity index (χ0) is 17.2. The molecule has 0 saturated carbocycles. The lowest BCUT2D eigenvalue weighted by molar-refractivity contribution is -0.691. The van der Waals surface area contributed by atoms with E-state index in [0.717, 1.165) is 18.7 Å². The van der Waals surface area contributed by atoms with Gasteiger partial charge in [0.25, 0.3) is 0 Å². The van der Waals surface area contributed by atoms with E-state index >= 15 is 0 Å². The van der Waals surface area contributed by atoms with Gasteiger partial charge in [0, 0.05) is 29.8 Å². The number of halogens is 2. The van der Waals surface area contributed by atoms with Crippen molar-refractivity contribution >= 4 is 12.2 Å². The van der Waals surface area contributed by atoms with E-state index in [1.54, 1.807) is 19.1 Å². The summed E-state index contributed by atoms with van der Waals surface area (Å²) in [7, 11) is 0. The van der Waals surface area contributed by atoms with E-state index in [1.807, 2.05) is 46.1 Å². The largest absolute Gasteiger partial charge is 1.00 e.